The molecule has 22 heavy (non-hydrogen) atoms. The molecular formula is C15H14N4O3. The number of anilines is 1. The van der Waals surface area contributed by atoms with Crippen molar-refractivity contribution in [1.82, 2.24) is 15.4 Å². The minimum atomic E-state index is -0.489. The number of benzene rings is 1. The topological polar surface area (TPSA) is 94.1 Å². The van der Waals surface area contributed by atoms with E-state index in [4.69, 9.17) is 8.94 Å². The van der Waals surface area contributed by atoms with E-state index in [1.807, 2.05) is 32.0 Å². The maximum atomic E-state index is 11.9. The molecule has 3 aromatic rings. The van der Waals surface area contributed by atoms with Gasteiger partial charge in [-0.1, -0.05) is 28.0 Å². The molecule has 2 aromatic heterocycles. The highest BCUT2D eigenvalue weighted by molar-refractivity contribution is 6.00. The molecule has 2 heterocycles. The van der Waals surface area contributed by atoms with Crippen LogP contribution < -0.4 is 5.32 Å². The monoisotopic (exact) mass is 298 g/mol. The summed E-state index contributed by atoms with van der Waals surface area (Å²) in [5, 5.41) is 13.9. The molecule has 0 fully saturated rings. The van der Waals surface area contributed by atoms with E-state index in [-0.39, 0.29) is 11.8 Å². The molecule has 0 aliphatic heterocycles. The summed E-state index contributed by atoms with van der Waals surface area (Å²) in [6, 6.07) is 7.47. The van der Waals surface area contributed by atoms with Crippen LogP contribution in [-0.4, -0.2) is 21.3 Å². The molecule has 7 heteroatoms. The highest BCUT2D eigenvalue weighted by Gasteiger charge is 2.16. The first-order valence-electron chi connectivity index (χ1n) is 6.69. The first-order chi connectivity index (χ1) is 10.5. The minimum absolute atomic E-state index is 0.00922. The van der Waals surface area contributed by atoms with Crippen molar-refractivity contribution in [1.29, 1.82) is 0 Å². The molecule has 3 rings (SSSR count). The second kappa shape index (κ2) is 5.44. The van der Waals surface area contributed by atoms with E-state index >= 15 is 0 Å². The number of carbonyl (C=O) groups is 1. The fraction of sp³-hybridized carbons (Fsp3) is 0.200. The maximum absolute atomic E-state index is 11.9. The lowest BCUT2D eigenvalue weighted by Crippen LogP contribution is -2.11. The fourth-order valence-corrected chi connectivity index (χ4v) is 1.98. The summed E-state index contributed by atoms with van der Waals surface area (Å²) in [5.41, 5.74) is 3.55. The van der Waals surface area contributed by atoms with E-state index in [9.17, 15) is 4.79 Å². The van der Waals surface area contributed by atoms with Gasteiger partial charge in [-0.25, -0.2) is 0 Å². The van der Waals surface area contributed by atoms with Crippen molar-refractivity contribution in [3.8, 4) is 11.5 Å². The summed E-state index contributed by atoms with van der Waals surface area (Å²) in [5.74, 6) is -0.0500. The Bertz CT molecular complexity index is 835. The third-order valence-electron chi connectivity index (χ3n) is 3.12. The molecular weight excluding hydrogens is 284 g/mol. The summed E-state index contributed by atoms with van der Waals surface area (Å²) in [6.07, 6.45) is 0. The molecule has 0 aliphatic carbocycles. The average Bonchev–Trinajstić information content (AvgIpc) is 3.11. The Morgan fingerprint density at radius 3 is 2.68 bits per heavy atom. The number of rotatable bonds is 3. The normalized spacial score (nSPS) is 10.7. The summed E-state index contributed by atoms with van der Waals surface area (Å²) < 4.78 is 10.4. The first kappa shape index (κ1) is 14.0. The van der Waals surface area contributed by atoms with Crippen LogP contribution in [0.25, 0.3) is 11.5 Å². The fourth-order valence-electron chi connectivity index (χ4n) is 1.98. The standard InChI is InChI=1S/C15H14N4O3/c1-8-4-5-9(2)11(6-8)14-17-18-15(21-14)16-13(20)12-7-10(3)19-22-12/h4-7H,1-3H3,(H,16,18,20). The molecule has 0 atom stereocenters. The summed E-state index contributed by atoms with van der Waals surface area (Å²) in [7, 11) is 0. The van der Waals surface area contributed by atoms with Gasteiger partial charge < -0.3 is 8.94 Å². The molecule has 0 radical (unpaired) electrons. The zero-order chi connectivity index (χ0) is 15.7. The van der Waals surface area contributed by atoms with Crippen LogP contribution in [0, 0.1) is 20.8 Å². The highest BCUT2D eigenvalue weighted by Crippen LogP contribution is 2.24. The smallest absolute Gasteiger partial charge is 0.322 e. The van der Waals surface area contributed by atoms with Crippen LogP contribution >= 0.6 is 0 Å². The van der Waals surface area contributed by atoms with E-state index in [0.29, 0.717) is 11.6 Å². The van der Waals surface area contributed by atoms with E-state index in [1.54, 1.807) is 6.92 Å². The number of nitrogens with one attached hydrogen (secondary N) is 1. The third kappa shape index (κ3) is 2.73. The Kier molecular flexibility index (Phi) is 3.46. The number of hydrogen-bond acceptors (Lipinski definition) is 6. The quantitative estimate of drug-likeness (QED) is 0.799. The van der Waals surface area contributed by atoms with E-state index in [0.717, 1.165) is 16.7 Å². The van der Waals surface area contributed by atoms with Gasteiger partial charge in [0, 0.05) is 11.6 Å². The Morgan fingerprint density at radius 1 is 1.14 bits per heavy atom. The number of carbonyl (C=O) groups excluding carboxylic acids is 1. The van der Waals surface area contributed by atoms with Crippen LogP contribution in [-0.2, 0) is 0 Å². The predicted molar refractivity (Wildman–Crippen MR) is 78.4 cm³/mol. The van der Waals surface area contributed by atoms with Gasteiger partial charge in [0.1, 0.15) is 0 Å². The van der Waals surface area contributed by atoms with Crippen LogP contribution in [0.5, 0.6) is 0 Å². The summed E-state index contributed by atoms with van der Waals surface area (Å²) in [4.78, 5) is 11.9. The molecule has 0 spiro atoms. The van der Waals surface area contributed by atoms with Crippen LogP contribution in [0.3, 0.4) is 0 Å². The van der Waals surface area contributed by atoms with E-state index < -0.39 is 5.91 Å². The van der Waals surface area contributed by atoms with Crippen molar-refractivity contribution in [3.05, 3.63) is 46.8 Å². The summed E-state index contributed by atoms with van der Waals surface area (Å²) >= 11 is 0. The molecule has 0 bridgehead atoms. The van der Waals surface area contributed by atoms with Gasteiger partial charge in [0.25, 0.3) is 5.91 Å². The van der Waals surface area contributed by atoms with Crippen molar-refractivity contribution in [2.45, 2.75) is 20.8 Å². The second-order valence-corrected chi connectivity index (χ2v) is 5.02. The molecule has 1 amide bonds. The molecule has 112 valence electrons. The van der Waals surface area contributed by atoms with Crippen LogP contribution in [0.4, 0.5) is 6.01 Å². The van der Waals surface area contributed by atoms with Gasteiger partial charge in [-0.2, -0.15) is 0 Å². The Labute approximate surface area is 126 Å². The van der Waals surface area contributed by atoms with Gasteiger partial charge in [0.05, 0.1) is 5.69 Å². The van der Waals surface area contributed by atoms with Crippen LogP contribution in [0.15, 0.2) is 33.2 Å². The van der Waals surface area contributed by atoms with E-state index in [2.05, 4.69) is 20.7 Å². The van der Waals surface area contributed by atoms with Crippen molar-refractivity contribution >= 4 is 11.9 Å². The van der Waals surface area contributed by atoms with Gasteiger partial charge in [-0.05, 0) is 32.4 Å². The minimum Gasteiger partial charge on any atom is -0.403 e. The molecule has 1 aromatic carbocycles. The SMILES string of the molecule is Cc1ccc(C)c(-c2nnc(NC(=O)c3cc(C)no3)o2)c1. The molecule has 0 unspecified atom stereocenters. The number of aryl methyl sites for hydroxylation is 3. The van der Waals surface area contributed by atoms with Crippen molar-refractivity contribution in [3.63, 3.8) is 0 Å². The van der Waals surface area contributed by atoms with Gasteiger partial charge in [-0.15, -0.1) is 5.10 Å². The Hall–Kier alpha value is -2.96. The molecule has 0 saturated heterocycles. The maximum Gasteiger partial charge on any atom is 0.322 e. The number of hydrogen-bond donors (Lipinski definition) is 1. The Morgan fingerprint density at radius 2 is 1.95 bits per heavy atom. The lowest BCUT2D eigenvalue weighted by atomic mass is 10.1. The third-order valence-corrected chi connectivity index (χ3v) is 3.12. The molecule has 1 N–H and O–H groups in total. The lowest BCUT2D eigenvalue weighted by molar-refractivity contribution is 0.0985. The van der Waals surface area contributed by atoms with Crippen LogP contribution in [0.1, 0.15) is 27.4 Å². The van der Waals surface area contributed by atoms with Gasteiger partial charge >= 0.3 is 6.01 Å². The van der Waals surface area contributed by atoms with Gasteiger partial charge in [-0.3, -0.25) is 10.1 Å². The van der Waals surface area contributed by atoms with Crippen molar-refractivity contribution in [2.75, 3.05) is 5.32 Å². The van der Waals surface area contributed by atoms with Gasteiger partial charge in [0.2, 0.25) is 11.7 Å². The molecule has 0 aliphatic rings. The number of aromatic nitrogens is 3. The molecule has 7 nitrogen and oxygen atoms in total. The average molecular weight is 298 g/mol. The number of nitrogens with zero attached hydrogens (tertiary/aromatic N) is 3. The Balaban J connectivity index is 1.82. The highest BCUT2D eigenvalue weighted by atomic mass is 16.5. The second-order valence-electron chi connectivity index (χ2n) is 5.02. The lowest BCUT2D eigenvalue weighted by Gasteiger charge is -2.01. The summed E-state index contributed by atoms with van der Waals surface area (Å²) in [6.45, 7) is 5.66. The zero-order valence-electron chi connectivity index (χ0n) is 12.4. The van der Waals surface area contributed by atoms with Crippen molar-refractivity contribution in [2.24, 2.45) is 0 Å². The molecule has 0 saturated carbocycles. The van der Waals surface area contributed by atoms with Gasteiger partial charge in [0.15, 0.2) is 0 Å². The van der Waals surface area contributed by atoms with Crippen LogP contribution in [0.2, 0.25) is 0 Å². The zero-order valence-corrected chi connectivity index (χ0v) is 12.4. The predicted octanol–water partition coefficient (Wildman–Crippen LogP) is 2.90. The largest absolute Gasteiger partial charge is 0.403 e. The van der Waals surface area contributed by atoms with Crippen molar-refractivity contribution < 1.29 is 13.7 Å². The number of amides is 1. The van der Waals surface area contributed by atoms with E-state index in [1.165, 1.54) is 6.07 Å². The first-order valence-corrected chi connectivity index (χ1v) is 6.69.